The molecular weight excluding hydrogens is 312 g/mol. The van der Waals surface area contributed by atoms with Gasteiger partial charge >= 0.3 is 0 Å². The Hall–Kier alpha value is -2.62. The molecule has 0 aliphatic heterocycles. The molecule has 0 atom stereocenters. The van der Waals surface area contributed by atoms with E-state index in [4.69, 9.17) is 0 Å². The maximum atomic E-state index is 12.0. The van der Waals surface area contributed by atoms with E-state index in [0.29, 0.717) is 26.1 Å². The minimum absolute atomic E-state index is 0.0161. The molecule has 0 aromatic heterocycles. The van der Waals surface area contributed by atoms with E-state index in [0.717, 1.165) is 12.0 Å². The van der Waals surface area contributed by atoms with Gasteiger partial charge in [0.25, 0.3) is 0 Å². The topological polar surface area (TPSA) is 49.4 Å². The zero-order chi connectivity index (χ0) is 18.1. The number of hydrogen-bond donors (Lipinski definition) is 1. The van der Waals surface area contributed by atoms with Crippen molar-refractivity contribution in [2.45, 2.75) is 33.2 Å². The number of benzene rings is 2. The maximum Gasteiger partial charge on any atom is 0.221 e. The lowest BCUT2D eigenvalue weighted by atomic mass is 10.1. The summed E-state index contributed by atoms with van der Waals surface area (Å²) in [6.45, 7) is 5.15. The van der Waals surface area contributed by atoms with E-state index < -0.39 is 0 Å². The summed E-state index contributed by atoms with van der Waals surface area (Å²) < 4.78 is 0. The minimum atomic E-state index is -0.0221. The largest absolute Gasteiger partial charge is 0.356 e. The number of carbonyl (C=O) groups is 2. The summed E-state index contributed by atoms with van der Waals surface area (Å²) in [6.07, 6.45) is 1.13. The third-order valence-electron chi connectivity index (χ3n) is 4.13. The molecule has 2 aromatic carbocycles. The molecular formula is C21H26N2O2. The number of nitrogens with zero attached hydrogens (tertiary/aromatic N) is 1. The smallest absolute Gasteiger partial charge is 0.221 e. The zero-order valence-corrected chi connectivity index (χ0v) is 15.0. The summed E-state index contributed by atoms with van der Waals surface area (Å²) in [5, 5.41) is 2.92. The van der Waals surface area contributed by atoms with E-state index in [9.17, 15) is 9.59 Å². The normalized spacial score (nSPS) is 10.3. The Labute approximate surface area is 149 Å². The first-order valence-electron chi connectivity index (χ1n) is 8.66. The van der Waals surface area contributed by atoms with Crippen LogP contribution in [-0.4, -0.2) is 29.8 Å². The predicted molar refractivity (Wildman–Crippen MR) is 100 cm³/mol. The third kappa shape index (κ3) is 6.79. The van der Waals surface area contributed by atoms with Gasteiger partial charge in [0.15, 0.2) is 0 Å². The molecule has 0 aliphatic carbocycles. The van der Waals surface area contributed by atoms with Crippen molar-refractivity contribution in [1.82, 2.24) is 10.2 Å². The Bertz CT molecular complexity index is 681. The van der Waals surface area contributed by atoms with Gasteiger partial charge < -0.3 is 10.2 Å². The molecule has 0 bridgehead atoms. The summed E-state index contributed by atoms with van der Waals surface area (Å²) >= 11 is 0. The molecule has 0 heterocycles. The second kappa shape index (κ2) is 9.62. The molecule has 0 saturated carbocycles. The summed E-state index contributed by atoms with van der Waals surface area (Å²) in [6, 6.07) is 18.2. The van der Waals surface area contributed by atoms with Crippen LogP contribution in [0.2, 0.25) is 0 Å². The molecule has 25 heavy (non-hydrogen) atoms. The average molecular weight is 338 g/mol. The molecule has 2 amide bonds. The Morgan fingerprint density at radius 3 is 2.28 bits per heavy atom. The lowest BCUT2D eigenvalue weighted by molar-refractivity contribution is -0.130. The van der Waals surface area contributed by atoms with Crippen LogP contribution in [0.5, 0.6) is 0 Å². The molecule has 0 unspecified atom stereocenters. The fourth-order valence-electron chi connectivity index (χ4n) is 2.58. The molecule has 0 radical (unpaired) electrons. The van der Waals surface area contributed by atoms with Crippen molar-refractivity contribution in [3.05, 3.63) is 71.3 Å². The van der Waals surface area contributed by atoms with Crippen LogP contribution in [0.4, 0.5) is 0 Å². The number of nitrogens with one attached hydrogen (secondary N) is 1. The van der Waals surface area contributed by atoms with E-state index in [1.807, 2.05) is 61.5 Å². The number of carbonyl (C=O) groups excluding carboxylic acids is 2. The van der Waals surface area contributed by atoms with Crippen LogP contribution >= 0.6 is 0 Å². The molecule has 2 aromatic rings. The first kappa shape index (κ1) is 18.7. The molecule has 4 nitrogen and oxygen atoms in total. The molecule has 0 fully saturated rings. The Kier molecular flexibility index (Phi) is 7.20. The van der Waals surface area contributed by atoms with E-state index in [1.54, 1.807) is 11.8 Å². The highest BCUT2D eigenvalue weighted by atomic mass is 16.2. The van der Waals surface area contributed by atoms with Crippen LogP contribution in [-0.2, 0) is 22.6 Å². The van der Waals surface area contributed by atoms with Crippen molar-refractivity contribution < 1.29 is 9.59 Å². The summed E-state index contributed by atoms with van der Waals surface area (Å²) in [5.41, 5.74) is 3.47. The van der Waals surface area contributed by atoms with Gasteiger partial charge in [-0.2, -0.15) is 0 Å². The second-order valence-corrected chi connectivity index (χ2v) is 6.26. The lowest BCUT2D eigenvalue weighted by Gasteiger charge is -2.21. The van der Waals surface area contributed by atoms with E-state index in [2.05, 4.69) is 5.32 Å². The highest BCUT2D eigenvalue weighted by molar-refractivity contribution is 5.78. The van der Waals surface area contributed by atoms with Gasteiger partial charge in [-0.1, -0.05) is 60.2 Å². The standard InChI is InChI=1S/C21H26N2O2/c1-17-8-10-20(11-9-17)16-23(18(2)24)15-13-21(25)22-14-12-19-6-4-3-5-7-19/h3-11H,12-16H2,1-2H3,(H,22,25). The van der Waals surface area contributed by atoms with Crippen molar-refractivity contribution >= 4 is 11.8 Å². The Morgan fingerprint density at radius 1 is 0.960 bits per heavy atom. The molecule has 4 heteroatoms. The van der Waals surface area contributed by atoms with Crippen LogP contribution in [0, 0.1) is 6.92 Å². The van der Waals surface area contributed by atoms with Gasteiger partial charge in [-0.05, 0) is 24.5 Å². The Balaban J connectivity index is 1.75. The average Bonchev–Trinajstić information content (AvgIpc) is 2.61. The number of hydrogen-bond acceptors (Lipinski definition) is 2. The van der Waals surface area contributed by atoms with Crippen molar-refractivity contribution in [3.63, 3.8) is 0 Å². The predicted octanol–water partition coefficient (Wildman–Crippen LogP) is 3.09. The molecule has 1 N–H and O–H groups in total. The Morgan fingerprint density at radius 2 is 1.64 bits per heavy atom. The quantitative estimate of drug-likeness (QED) is 0.804. The van der Waals surface area contributed by atoms with Gasteiger partial charge in [0, 0.05) is 33.0 Å². The van der Waals surface area contributed by atoms with Gasteiger partial charge in [0.05, 0.1) is 0 Å². The van der Waals surface area contributed by atoms with Crippen LogP contribution in [0.15, 0.2) is 54.6 Å². The summed E-state index contributed by atoms with van der Waals surface area (Å²) in [7, 11) is 0. The second-order valence-electron chi connectivity index (χ2n) is 6.26. The third-order valence-corrected chi connectivity index (χ3v) is 4.13. The van der Waals surface area contributed by atoms with Gasteiger partial charge in [-0.15, -0.1) is 0 Å². The highest BCUT2D eigenvalue weighted by Gasteiger charge is 2.11. The minimum Gasteiger partial charge on any atom is -0.356 e. The van der Waals surface area contributed by atoms with Crippen LogP contribution < -0.4 is 5.32 Å². The summed E-state index contributed by atoms with van der Waals surface area (Å²) in [4.78, 5) is 25.5. The van der Waals surface area contributed by atoms with Crippen molar-refractivity contribution in [3.8, 4) is 0 Å². The lowest BCUT2D eigenvalue weighted by Crippen LogP contribution is -2.34. The zero-order valence-electron chi connectivity index (χ0n) is 15.0. The van der Waals surface area contributed by atoms with Crippen LogP contribution in [0.25, 0.3) is 0 Å². The number of amides is 2. The highest BCUT2D eigenvalue weighted by Crippen LogP contribution is 2.08. The van der Waals surface area contributed by atoms with Crippen LogP contribution in [0.3, 0.4) is 0 Å². The van der Waals surface area contributed by atoms with Crippen molar-refractivity contribution in [1.29, 1.82) is 0 Å². The molecule has 0 aliphatic rings. The first-order valence-corrected chi connectivity index (χ1v) is 8.66. The van der Waals surface area contributed by atoms with Crippen LogP contribution in [0.1, 0.15) is 30.0 Å². The van der Waals surface area contributed by atoms with E-state index in [1.165, 1.54) is 11.1 Å². The maximum absolute atomic E-state index is 12.0. The van der Waals surface area contributed by atoms with E-state index in [-0.39, 0.29) is 11.8 Å². The van der Waals surface area contributed by atoms with Gasteiger partial charge in [-0.3, -0.25) is 9.59 Å². The molecule has 0 saturated heterocycles. The first-order chi connectivity index (χ1) is 12.0. The van der Waals surface area contributed by atoms with E-state index >= 15 is 0 Å². The van der Waals surface area contributed by atoms with Gasteiger partial charge in [-0.25, -0.2) is 0 Å². The fraction of sp³-hybridized carbons (Fsp3) is 0.333. The van der Waals surface area contributed by atoms with Gasteiger partial charge in [0.1, 0.15) is 0 Å². The van der Waals surface area contributed by atoms with Crippen molar-refractivity contribution in [2.75, 3.05) is 13.1 Å². The molecule has 0 spiro atoms. The summed E-state index contributed by atoms with van der Waals surface area (Å²) in [5.74, 6) is -0.0382. The monoisotopic (exact) mass is 338 g/mol. The fourth-order valence-corrected chi connectivity index (χ4v) is 2.58. The number of rotatable bonds is 8. The van der Waals surface area contributed by atoms with Crippen molar-refractivity contribution in [2.24, 2.45) is 0 Å². The van der Waals surface area contributed by atoms with Gasteiger partial charge in [0.2, 0.25) is 11.8 Å². The number of aryl methyl sites for hydroxylation is 1. The SMILES string of the molecule is CC(=O)N(CCC(=O)NCCc1ccccc1)Cc1ccc(C)cc1. The molecule has 132 valence electrons. The molecule has 2 rings (SSSR count).